The van der Waals surface area contributed by atoms with Gasteiger partial charge >= 0.3 is 0 Å². The van der Waals surface area contributed by atoms with Crippen LogP contribution in [0.25, 0.3) is 10.9 Å². The van der Waals surface area contributed by atoms with Crippen LogP contribution in [0.4, 0.5) is 14.5 Å². The van der Waals surface area contributed by atoms with Crippen LogP contribution >= 0.6 is 0 Å². The maximum atomic E-state index is 14.0. The molecule has 1 amide bonds. The summed E-state index contributed by atoms with van der Waals surface area (Å²) in [6.45, 7) is 1.74. The minimum atomic E-state index is -0.665. The van der Waals surface area contributed by atoms with Crippen molar-refractivity contribution in [1.29, 1.82) is 0 Å². The van der Waals surface area contributed by atoms with Gasteiger partial charge in [0.2, 0.25) is 5.91 Å². The Balaban J connectivity index is 1.42. The van der Waals surface area contributed by atoms with E-state index in [9.17, 15) is 13.6 Å². The fourth-order valence-electron chi connectivity index (χ4n) is 3.66. The van der Waals surface area contributed by atoms with E-state index in [1.165, 1.54) is 12.3 Å². The number of carbonyl (C=O) groups is 1. The molecule has 4 rings (SSSR count). The lowest BCUT2D eigenvalue weighted by atomic mass is 9.95. The van der Waals surface area contributed by atoms with Crippen LogP contribution in [0.2, 0.25) is 0 Å². The van der Waals surface area contributed by atoms with Gasteiger partial charge in [0.05, 0.1) is 0 Å². The predicted octanol–water partition coefficient (Wildman–Crippen LogP) is 3.44. The van der Waals surface area contributed by atoms with Crippen molar-refractivity contribution >= 4 is 22.5 Å². The Hall–Kier alpha value is -3.09. The van der Waals surface area contributed by atoms with Gasteiger partial charge in [-0.2, -0.15) is 0 Å². The summed E-state index contributed by atoms with van der Waals surface area (Å²) in [5, 5.41) is 3.42. The van der Waals surface area contributed by atoms with Crippen LogP contribution in [0.1, 0.15) is 18.4 Å². The van der Waals surface area contributed by atoms with E-state index < -0.39 is 11.6 Å². The van der Waals surface area contributed by atoms with E-state index in [1.54, 1.807) is 18.5 Å². The van der Waals surface area contributed by atoms with Crippen molar-refractivity contribution < 1.29 is 13.6 Å². The minimum Gasteiger partial charge on any atom is -0.371 e. The Morgan fingerprint density at radius 2 is 2.00 bits per heavy atom. The first kappa shape index (κ1) is 18.3. The minimum absolute atomic E-state index is 0.0279. The molecule has 5 nitrogen and oxygen atoms in total. The van der Waals surface area contributed by atoms with Crippen LogP contribution in [-0.2, 0) is 11.3 Å². The zero-order valence-corrected chi connectivity index (χ0v) is 15.2. The summed E-state index contributed by atoms with van der Waals surface area (Å²) in [6, 6.07) is 7.68. The van der Waals surface area contributed by atoms with Crippen molar-refractivity contribution in [3.63, 3.8) is 0 Å². The number of carbonyl (C=O) groups excluding carboxylic acids is 1. The molecule has 1 fully saturated rings. The number of anilines is 1. The van der Waals surface area contributed by atoms with E-state index in [0.29, 0.717) is 37.9 Å². The first-order chi connectivity index (χ1) is 13.6. The number of nitrogens with one attached hydrogen (secondary N) is 1. The molecule has 1 aliphatic rings. The standard InChI is InChI=1S/C21H20F2N4O/c22-16-10-17-19(3-7-25-20(17)18(23)11-16)27-8-4-15(5-9-27)21(28)26-13-14-2-1-6-24-12-14/h1-3,6-7,10-12,15H,4-5,8-9,13H2,(H,26,28). The van der Waals surface area contributed by atoms with Crippen molar-refractivity contribution in [2.24, 2.45) is 5.92 Å². The van der Waals surface area contributed by atoms with Crippen LogP contribution in [0.15, 0.2) is 48.9 Å². The molecule has 0 bridgehead atoms. The zero-order chi connectivity index (χ0) is 19.5. The molecule has 0 unspecified atom stereocenters. The first-order valence-electron chi connectivity index (χ1n) is 9.27. The average molecular weight is 382 g/mol. The highest BCUT2D eigenvalue weighted by Gasteiger charge is 2.26. The Morgan fingerprint density at radius 1 is 1.18 bits per heavy atom. The van der Waals surface area contributed by atoms with Crippen LogP contribution in [0, 0.1) is 17.6 Å². The van der Waals surface area contributed by atoms with Crippen molar-refractivity contribution in [1.82, 2.24) is 15.3 Å². The molecule has 28 heavy (non-hydrogen) atoms. The Morgan fingerprint density at radius 3 is 2.75 bits per heavy atom. The number of piperidine rings is 1. The highest BCUT2D eigenvalue weighted by molar-refractivity contribution is 5.92. The van der Waals surface area contributed by atoms with Crippen LogP contribution in [0.3, 0.4) is 0 Å². The van der Waals surface area contributed by atoms with Gasteiger partial charge in [0.25, 0.3) is 0 Å². The zero-order valence-electron chi connectivity index (χ0n) is 15.2. The number of halogens is 2. The molecule has 3 heterocycles. The van der Waals surface area contributed by atoms with E-state index in [1.807, 2.05) is 12.1 Å². The third kappa shape index (κ3) is 3.78. The maximum absolute atomic E-state index is 14.0. The number of hydrogen-bond acceptors (Lipinski definition) is 4. The van der Waals surface area contributed by atoms with Crippen molar-refractivity contribution in [2.45, 2.75) is 19.4 Å². The van der Waals surface area contributed by atoms with E-state index >= 15 is 0 Å². The van der Waals surface area contributed by atoms with E-state index in [-0.39, 0.29) is 17.3 Å². The summed E-state index contributed by atoms with van der Waals surface area (Å²) in [5.41, 5.74) is 1.87. The Labute approximate surface area is 161 Å². The van der Waals surface area contributed by atoms with Gasteiger partial charge in [0, 0.05) is 61.3 Å². The van der Waals surface area contributed by atoms with Crippen molar-refractivity contribution in [3.8, 4) is 0 Å². The van der Waals surface area contributed by atoms with Gasteiger partial charge in [0.15, 0.2) is 5.82 Å². The molecule has 0 radical (unpaired) electrons. The first-order valence-corrected chi connectivity index (χ1v) is 9.27. The molecule has 0 saturated carbocycles. The number of hydrogen-bond donors (Lipinski definition) is 1. The summed E-state index contributed by atoms with van der Waals surface area (Å²) >= 11 is 0. The van der Waals surface area contributed by atoms with Crippen LogP contribution < -0.4 is 10.2 Å². The van der Waals surface area contributed by atoms with Gasteiger partial charge in [-0.15, -0.1) is 0 Å². The quantitative estimate of drug-likeness (QED) is 0.751. The van der Waals surface area contributed by atoms with Gasteiger partial charge in [-0.1, -0.05) is 6.07 Å². The van der Waals surface area contributed by atoms with Crippen LogP contribution in [-0.4, -0.2) is 29.0 Å². The lowest BCUT2D eigenvalue weighted by molar-refractivity contribution is -0.125. The summed E-state index contributed by atoms with van der Waals surface area (Å²) in [5.74, 6) is -1.33. The number of fused-ring (bicyclic) bond motifs is 1. The highest BCUT2D eigenvalue weighted by Crippen LogP contribution is 2.31. The Kier molecular flexibility index (Phi) is 5.14. The number of amides is 1. The molecule has 0 atom stereocenters. The molecular formula is C21H20F2N4O. The lowest BCUT2D eigenvalue weighted by Crippen LogP contribution is -2.40. The maximum Gasteiger partial charge on any atom is 0.223 e. The van der Waals surface area contributed by atoms with E-state index in [4.69, 9.17) is 0 Å². The molecule has 0 spiro atoms. The van der Waals surface area contributed by atoms with Crippen molar-refractivity contribution in [2.75, 3.05) is 18.0 Å². The third-order valence-electron chi connectivity index (χ3n) is 5.14. The SMILES string of the molecule is O=C(NCc1cccnc1)C1CCN(c2ccnc3c(F)cc(F)cc23)CC1. The van der Waals surface area contributed by atoms with E-state index in [0.717, 1.165) is 17.3 Å². The largest absolute Gasteiger partial charge is 0.371 e. The molecule has 2 aromatic heterocycles. The second-order valence-corrected chi connectivity index (χ2v) is 6.95. The molecule has 1 aliphatic heterocycles. The lowest BCUT2D eigenvalue weighted by Gasteiger charge is -2.33. The topological polar surface area (TPSA) is 58.1 Å². The molecular weight excluding hydrogens is 362 g/mol. The Bertz CT molecular complexity index is 988. The molecule has 144 valence electrons. The average Bonchev–Trinajstić information content (AvgIpc) is 2.72. The third-order valence-corrected chi connectivity index (χ3v) is 5.14. The molecule has 0 aliphatic carbocycles. The van der Waals surface area contributed by atoms with E-state index in [2.05, 4.69) is 20.2 Å². The summed E-state index contributed by atoms with van der Waals surface area (Å²) in [6.07, 6.45) is 6.32. The molecule has 1 aromatic carbocycles. The molecule has 3 aromatic rings. The smallest absolute Gasteiger partial charge is 0.223 e. The molecule has 1 N–H and O–H groups in total. The summed E-state index contributed by atoms with van der Waals surface area (Å²) in [7, 11) is 0. The summed E-state index contributed by atoms with van der Waals surface area (Å²) in [4.78, 5) is 22.6. The fraction of sp³-hybridized carbons (Fsp3) is 0.286. The second kappa shape index (κ2) is 7.88. The van der Waals surface area contributed by atoms with Crippen LogP contribution in [0.5, 0.6) is 0 Å². The normalized spacial score (nSPS) is 15.0. The predicted molar refractivity (Wildman–Crippen MR) is 103 cm³/mol. The summed E-state index contributed by atoms with van der Waals surface area (Å²) < 4.78 is 27.7. The highest BCUT2D eigenvalue weighted by atomic mass is 19.1. The van der Waals surface area contributed by atoms with Gasteiger partial charge < -0.3 is 10.2 Å². The number of nitrogens with zero attached hydrogens (tertiary/aromatic N) is 3. The fourth-order valence-corrected chi connectivity index (χ4v) is 3.66. The number of rotatable bonds is 4. The van der Waals surface area contributed by atoms with Gasteiger partial charge in [-0.05, 0) is 36.6 Å². The van der Waals surface area contributed by atoms with Crippen molar-refractivity contribution in [3.05, 3.63) is 66.1 Å². The number of pyridine rings is 2. The molecule has 7 heteroatoms. The van der Waals surface area contributed by atoms with Gasteiger partial charge in [0.1, 0.15) is 11.3 Å². The monoisotopic (exact) mass is 382 g/mol. The molecule has 1 saturated heterocycles. The van der Waals surface area contributed by atoms with Gasteiger partial charge in [-0.3, -0.25) is 14.8 Å². The van der Waals surface area contributed by atoms with Gasteiger partial charge in [-0.25, -0.2) is 8.78 Å². The number of aromatic nitrogens is 2. The number of benzene rings is 1. The second-order valence-electron chi connectivity index (χ2n) is 6.95.